The van der Waals surface area contributed by atoms with Crippen molar-refractivity contribution in [3.05, 3.63) is 0 Å². The van der Waals surface area contributed by atoms with Crippen molar-refractivity contribution < 1.29 is 9.13 Å². The van der Waals surface area contributed by atoms with Gasteiger partial charge in [0.25, 0.3) is 0 Å². The predicted molar refractivity (Wildman–Crippen MR) is 42.4 cm³/mol. The molecule has 12 heavy (non-hydrogen) atoms. The van der Waals surface area contributed by atoms with Crippen LogP contribution in [-0.2, 0) is 4.74 Å². The molecule has 1 unspecified atom stereocenters. The number of ether oxygens (including phenoxy) is 1. The summed E-state index contributed by atoms with van der Waals surface area (Å²) in [6.45, 7) is 2.48. The van der Waals surface area contributed by atoms with Gasteiger partial charge in [-0.25, -0.2) is 0 Å². The molecule has 1 rings (SSSR count). The van der Waals surface area contributed by atoms with E-state index in [1.165, 1.54) is 0 Å². The fourth-order valence-corrected chi connectivity index (χ4v) is 1.27. The van der Waals surface area contributed by atoms with Crippen LogP contribution in [0.1, 0.15) is 6.42 Å². The Bertz CT molecular complexity index is 169. The third kappa shape index (κ3) is 2.76. The summed E-state index contributed by atoms with van der Waals surface area (Å²) in [6.07, 6.45) is 0.233. The predicted octanol–water partition coefficient (Wildman–Crippen LogP) is 0.570. The van der Waals surface area contributed by atoms with Crippen LogP contribution < -0.4 is 0 Å². The molecule has 0 aromatic carbocycles. The Hall–Kier alpha value is -0.660. The zero-order valence-corrected chi connectivity index (χ0v) is 7.00. The highest BCUT2D eigenvalue weighted by molar-refractivity contribution is 4.88. The van der Waals surface area contributed by atoms with E-state index >= 15 is 0 Å². The van der Waals surface area contributed by atoms with E-state index in [0.29, 0.717) is 19.6 Å². The van der Waals surface area contributed by atoms with Crippen LogP contribution in [0.5, 0.6) is 0 Å². The van der Waals surface area contributed by atoms with Crippen LogP contribution >= 0.6 is 0 Å². The molecular weight excluding hydrogens is 159 g/mol. The molecule has 0 amide bonds. The van der Waals surface area contributed by atoms with Crippen LogP contribution in [0.2, 0.25) is 0 Å². The topological polar surface area (TPSA) is 36.3 Å². The lowest BCUT2D eigenvalue weighted by molar-refractivity contribution is -0.000278. The van der Waals surface area contributed by atoms with Gasteiger partial charge in [0.05, 0.1) is 19.4 Å². The highest BCUT2D eigenvalue weighted by Gasteiger charge is 2.18. The molecule has 1 aliphatic rings. The summed E-state index contributed by atoms with van der Waals surface area (Å²) in [5.74, 6) is 0. The molecule has 3 nitrogen and oxygen atoms in total. The SMILES string of the molecule is N#CC1CN(CCCF)CCO1. The van der Waals surface area contributed by atoms with Gasteiger partial charge >= 0.3 is 0 Å². The lowest BCUT2D eigenvalue weighted by atomic mass is 10.3. The molecule has 0 N–H and O–H groups in total. The molecule has 1 heterocycles. The summed E-state index contributed by atoms with van der Waals surface area (Å²) in [5, 5.41) is 8.56. The normalized spacial score (nSPS) is 25.2. The van der Waals surface area contributed by atoms with E-state index in [4.69, 9.17) is 10.00 Å². The van der Waals surface area contributed by atoms with Crippen molar-refractivity contribution in [2.75, 3.05) is 32.9 Å². The Morgan fingerprint density at radius 2 is 2.50 bits per heavy atom. The molecule has 1 fully saturated rings. The lowest BCUT2D eigenvalue weighted by Crippen LogP contribution is -2.42. The number of halogens is 1. The van der Waals surface area contributed by atoms with Crippen molar-refractivity contribution in [2.24, 2.45) is 0 Å². The number of nitriles is 1. The van der Waals surface area contributed by atoms with E-state index in [2.05, 4.69) is 11.0 Å². The molecule has 1 atom stereocenters. The standard InChI is InChI=1S/C8H13FN2O/c9-2-1-3-11-4-5-12-8(6-10)7-11/h8H,1-5,7H2. The van der Waals surface area contributed by atoms with Gasteiger partial charge in [0.2, 0.25) is 0 Å². The van der Waals surface area contributed by atoms with Gasteiger partial charge in [-0.1, -0.05) is 0 Å². The van der Waals surface area contributed by atoms with E-state index in [9.17, 15) is 4.39 Å². The van der Waals surface area contributed by atoms with Crippen LogP contribution in [0.15, 0.2) is 0 Å². The Morgan fingerprint density at radius 1 is 1.67 bits per heavy atom. The number of morpholine rings is 1. The van der Waals surface area contributed by atoms with Gasteiger partial charge in [0, 0.05) is 19.6 Å². The van der Waals surface area contributed by atoms with Gasteiger partial charge in [0.15, 0.2) is 6.10 Å². The zero-order valence-electron chi connectivity index (χ0n) is 7.00. The van der Waals surface area contributed by atoms with Gasteiger partial charge in [-0.3, -0.25) is 9.29 Å². The molecule has 0 spiro atoms. The van der Waals surface area contributed by atoms with Gasteiger partial charge < -0.3 is 4.74 Å². The summed E-state index contributed by atoms with van der Waals surface area (Å²) in [5.41, 5.74) is 0. The smallest absolute Gasteiger partial charge is 0.156 e. The van der Waals surface area contributed by atoms with Crippen LogP contribution in [0.3, 0.4) is 0 Å². The van der Waals surface area contributed by atoms with E-state index in [-0.39, 0.29) is 12.8 Å². The Kier molecular flexibility index (Phi) is 3.98. The first-order valence-corrected chi connectivity index (χ1v) is 4.16. The monoisotopic (exact) mass is 172 g/mol. The van der Waals surface area contributed by atoms with Crippen LogP contribution in [-0.4, -0.2) is 43.9 Å². The van der Waals surface area contributed by atoms with Gasteiger partial charge in [-0.15, -0.1) is 0 Å². The van der Waals surface area contributed by atoms with Crippen molar-refractivity contribution in [1.29, 1.82) is 5.26 Å². The van der Waals surface area contributed by atoms with E-state index in [0.717, 1.165) is 13.1 Å². The third-order valence-electron chi connectivity index (χ3n) is 1.90. The quantitative estimate of drug-likeness (QED) is 0.624. The second kappa shape index (κ2) is 5.07. The molecule has 4 heteroatoms. The highest BCUT2D eigenvalue weighted by Crippen LogP contribution is 2.04. The highest BCUT2D eigenvalue weighted by atomic mass is 19.1. The Balaban J connectivity index is 2.22. The van der Waals surface area contributed by atoms with Crippen molar-refractivity contribution in [2.45, 2.75) is 12.5 Å². The molecule has 0 bridgehead atoms. The zero-order chi connectivity index (χ0) is 8.81. The van der Waals surface area contributed by atoms with Gasteiger partial charge in [-0.2, -0.15) is 5.26 Å². The number of rotatable bonds is 3. The van der Waals surface area contributed by atoms with E-state index < -0.39 is 0 Å². The number of hydrogen-bond donors (Lipinski definition) is 0. The Morgan fingerprint density at radius 3 is 3.17 bits per heavy atom. The van der Waals surface area contributed by atoms with Crippen LogP contribution in [0.25, 0.3) is 0 Å². The van der Waals surface area contributed by atoms with Gasteiger partial charge in [-0.05, 0) is 6.42 Å². The molecular formula is C8H13FN2O. The van der Waals surface area contributed by atoms with Crippen LogP contribution in [0.4, 0.5) is 4.39 Å². The molecule has 0 aliphatic carbocycles. The second-order valence-electron chi connectivity index (χ2n) is 2.83. The first-order chi connectivity index (χ1) is 5.86. The minimum absolute atomic E-state index is 0.283. The maximum atomic E-state index is 11.8. The summed E-state index contributed by atoms with van der Waals surface area (Å²) >= 11 is 0. The number of hydrogen-bond acceptors (Lipinski definition) is 3. The largest absolute Gasteiger partial charge is 0.361 e. The second-order valence-corrected chi connectivity index (χ2v) is 2.83. The molecule has 0 aromatic heterocycles. The minimum Gasteiger partial charge on any atom is -0.361 e. The summed E-state index contributed by atoms with van der Waals surface area (Å²) in [4.78, 5) is 2.07. The number of nitrogens with zero attached hydrogens (tertiary/aromatic N) is 2. The molecule has 0 aromatic rings. The Labute approximate surface area is 71.7 Å². The molecule has 1 saturated heterocycles. The van der Waals surface area contributed by atoms with Gasteiger partial charge in [0.1, 0.15) is 0 Å². The first-order valence-electron chi connectivity index (χ1n) is 4.16. The van der Waals surface area contributed by atoms with Crippen molar-refractivity contribution in [1.82, 2.24) is 4.90 Å². The fraction of sp³-hybridized carbons (Fsp3) is 0.875. The molecule has 1 aliphatic heterocycles. The summed E-state index contributed by atoms with van der Waals surface area (Å²) in [6, 6.07) is 2.05. The minimum atomic E-state index is -0.321. The lowest BCUT2D eigenvalue weighted by Gasteiger charge is -2.29. The maximum Gasteiger partial charge on any atom is 0.156 e. The average Bonchev–Trinajstić information content (AvgIpc) is 2.15. The van der Waals surface area contributed by atoms with E-state index in [1.807, 2.05) is 0 Å². The first kappa shape index (κ1) is 9.43. The van der Waals surface area contributed by atoms with Crippen molar-refractivity contribution in [3.8, 4) is 6.07 Å². The summed E-state index contributed by atoms with van der Waals surface area (Å²) in [7, 11) is 0. The average molecular weight is 172 g/mol. The summed E-state index contributed by atoms with van der Waals surface area (Å²) < 4.78 is 16.9. The van der Waals surface area contributed by atoms with Crippen molar-refractivity contribution >= 4 is 0 Å². The maximum absolute atomic E-state index is 11.8. The molecule has 0 saturated carbocycles. The number of alkyl halides is 1. The van der Waals surface area contributed by atoms with Crippen LogP contribution in [0, 0.1) is 11.3 Å². The molecule has 0 radical (unpaired) electrons. The van der Waals surface area contributed by atoms with E-state index in [1.54, 1.807) is 0 Å². The fourth-order valence-electron chi connectivity index (χ4n) is 1.27. The molecule has 68 valence electrons. The third-order valence-corrected chi connectivity index (χ3v) is 1.90. The van der Waals surface area contributed by atoms with Crippen molar-refractivity contribution in [3.63, 3.8) is 0 Å².